The lowest BCUT2D eigenvalue weighted by Gasteiger charge is -2.37. The van der Waals surface area contributed by atoms with Gasteiger partial charge >= 0.3 is 0 Å². The van der Waals surface area contributed by atoms with Gasteiger partial charge in [0.1, 0.15) is 6.54 Å². The van der Waals surface area contributed by atoms with Crippen LogP contribution >= 0.6 is 0 Å². The fourth-order valence-corrected chi connectivity index (χ4v) is 6.69. The van der Waals surface area contributed by atoms with E-state index in [0.717, 1.165) is 6.54 Å². The lowest BCUT2D eigenvalue weighted by molar-refractivity contribution is -0.697. The molecule has 0 fully saturated rings. The van der Waals surface area contributed by atoms with Crippen molar-refractivity contribution in [2.45, 2.75) is 142 Å². The van der Waals surface area contributed by atoms with Gasteiger partial charge < -0.3 is 4.90 Å². The molecule has 2 aliphatic rings. The summed E-state index contributed by atoms with van der Waals surface area (Å²) < 4.78 is 2.36. The van der Waals surface area contributed by atoms with Crippen LogP contribution in [0.4, 0.5) is 5.69 Å². The largest absolute Gasteiger partial charge is 0.371 e. The molecule has 1 aromatic heterocycles. The van der Waals surface area contributed by atoms with E-state index in [1.807, 2.05) is 0 Å². The standard InChI is InChI=1S/C37H57N2/c1-2-3-4-5-6-7-8-9-10-11-12-13-14-15-16-17-26-38-29-24-33(25-30-38)22-23-34-31-35-20-18-27-39-28-19-21-36(32-34)37(35)39/h22-25,29-32H,2-21,26-28H2,1H3/q+1. The molecule has 0 saturated carbocycles. The number of pyridine rings is 1. The Morgan fingerprint density at radius 3 is 1.59 bits per heavy atom. The van der Waals surface area contributed by atoms with Crippen molar-refractivity contribution in [3.05, 3.63) is 58.9 Å². The van der Waals surface area contributed by atoms with Crippen molar-refractivity contribution in [2.24, 2.45) is 0 Å². The fraction of sp³-hybridized carbons (Fsp3) is 0.649. The Morgan fingerprint density at radius 2 is 1.08 bits per heavy atom. The summed E-state index contributed by atoms with van der Waals surface area (Å²) in [5, 5.41) is 0. The molecule has 0 amide bonds. The van der Waals surface area contributed by atoms with Crippen LogP contribution in [0.5, 0.6) is 0 Å². The average Bonchev–Trinajstić information content (AvgIpc) is 2.97. The molecule has 0 saturated heterocycles. The maximum absolute atomic E-state index is 2.63. The number of nitrogens with zero attached hydrogens (tertiary/aromatic N) is 2. The average molecular weight is 530 g/mol. The highest BCUT2D eigenvalue weighted by atomic mass is 15.1. The number of unbranched alkanes of at least 4 members (excludes halogenated alkanes) is 15. The molecule has 2 aromatic rings. The third kappa shape index (κ3) is 10.4. The van der Waals surface area contributed by atoms with Crippen LogP contribution in [0.3, 0.4) is 0 Å². The molecule has 2 aliphatic heterocycles. The van der Waals surface area contributed by atoms with Crippen molar-refractivity contribution < 1.29 is 4.57 Å². The summed E-state index contributed by atoms with van der Waals surface area (Å²) in [5.74, 6) is 0. The van der Waals surface area contributed by atoms with Gasteiger partial charge in [-0.1, -0.05) is 109 Å². The summed E-state index contributed by atoms with van der Waals surface area (Å²) in [6.07, 6.45) is 37.1. The minimum Gasteiger partial charge on any atom is -0.371 e. The first-order valence-electron chi connectivity index (χ1n) is 16.9. The van der Waals surface area contributed by atoms with Crippen LogP contribution in [0.25, 0.3) is 12.2 Å². The molecule has 1 aromatic carbocycles. The van der Waals surface area contributed by atoms with Crippen molar-refractivity contribution in [3.8, 4) is 0 Å². The van der Waals surface area contributed by atoms with E-state index in [1.54, 1.807) is 16.8 Å². The van der Waals surface area contributed by atoms with Gasteiger partial charge in [0, 0.05) is 37.3 Å². The number of hydrogen-bond acceptors (Lipinski definition) is 1. The second-order valence-electron chi connectivity index (χ2n) is 12.4. The normalized spacial score (nSPS) is 14.7. The Labute approximate surface area is 240 Å². The van der Waals surface area contributed by atoms with Crippen molar-refractivity contribution in [2.75, 3.05) is 18.0 Å². The molecule has 0 bridgehead atoms. The summed E-state index contributed by atoms with van der Waals surface area (Å²) in [6.45, 7) is 5.94. The van der Waals surface area contributed by atoms with Gasteiger partial charge in [-0.3, -0.25) is 0 Å². The van der Waals surface area contributed by atoms with Crippen LogP contribution in [0.1, 0.15) is 145 Å². The van der Waals surface area contributed by atoms with Crippen LogP contribution in [0.15, 0.2) is 36.7 Å². The van der Waals surface area contributed by atoms with E-state index < -0.39 is 0 Å². The number of anilines is 1. The van der Waals surface area contributed by atoms with Crippen molar-refractivity contribution in [1.29, 1.82) is 0 Å². The molecule has 214 valence electrons. The zero-order valence-electron chi connectivity index (χ0n) is 25.3. The third-order valence-electron chi connectivity index (χ3n) is 9.01. The smallest absolute Gasteiger partial charge is 0.169 e. The Bertz CT molecular complexity index is 942. The molecule has 39 heavy (non-hydrogen) atoms. The van der Waals surface area contributed by atoms with Crippen molar-refractivity contribution in [3.63, 3.8) is 0 Å². The Hall–Kier alpha value is -2.09. The minimum atomic E-state index is 1.15. The van der Waals surface area contributed by atoms with Gasteiger partial charge in [-0.15, -0.1) is 0 Å². The van der Waals surface area contributed by atoms with E-state index in [-0.39, 0.29) is 0 Å². The highest BCUT2D eigenvalue weighted by molar-refractivity contribution is 5.74. The number of aryl methyl sites for hydroxylation is 3. The van der Waals surface area contributed by atoms with E-state index in [2.05, 4.69) is 65.2 Å². The van der Waals surface area contributed by atoms with E-state index in [4.69, 9.17) is 0 Å². The summed E-state index contributed by atoms with van der Waals surface area (Å²) >= 11 is 0. The minimum absolute atomic E-state index is 1.15. The number of rotatable bonds is 19. The first-order chi connectivity index (χ1) is 19.3. The second kappa shape index (κ2) is 17.6. The van der Waals surface area contributed by atoms with Gasteiger partial charge in [-0.05, 0) is 66.5 Å². The van der Waals surface area contributed by atoms with Crippen LogP contribution < -0.4 is 9.47 Å². The topological polar surface area (TPSA) is 7.12 Å². The maximum Gasteiger partial charge on any atom is 0.169 e. The molecule has 4 rings (SSSR count). The lowest BCUT2D eigenvalue weighted by Crippen LogP contribution is -2.34. The summed E-state index contributed by atoms with van der Waals surface area (Å²) in [7, 11) is 0. The SMILES string of the molecule is CCCCCCCCCCCCCCCCCC[n+]1ccc(/C=C/c2cc3c4c(c2)CCCN4CCC3)cc1. The predicted octanol–water partition coefficient (Wildman–Crippen LogP) is 10.1. The van der Waals surface area contributed by atoms with Crippen LogP contribution in [-0.4, -0.2) is 13.1 Å². The van der Waals surface area contributed by atoms with E-state index in [1.165, 1.54) is 153 Å². The van der Waals surface area contributed by atoms with Gasteiger partial charge in [0.25, 0.3) is 0 Å². The zero-order valence-corrected chi connectivity index (χ0v) is 25.3. The van der Waals surface area contributed by atoms with Gasteiger partial charge in [-0.25, -0.2) is 4.57 Å². The predicted molar refractivity (Wildman–Crippen MR) is 170 cm³/mol. The van der Waals surface area contributed by atoms with Gasteiger partial charge in [0.2, 0.25) is 0 Å². The molecular formula is C37H57N2+. The monoisotopic (exact) mass is 529 g/mol. The van der Waals surface area contributed by atoms with Gasteiger partial charge in [0.15, 0.2) is 12.4 Å². The van der Waals surface area contributed by atoms with Crippen LogP contribution in [0, 0.1) is 0 Å². The Morgan fingerprint density at radius 1 is 0.615 bits per heavy atom. The summed E-state index contributed by atoms with van der Waals surface area (Å²) in [5.41, 5.74) is 7.38. The first kappa shape index (κ1) is 29.9. The maximum atomic E-state index is 2.63. The quantitative estimate of drug-likeness (QED) is 0.130. The molecule has 0 atom stereocenters. The number of aromatic nitrogens is 1. The van der Waals surface area contributed by atoms with Crippen LogP contribution in [0.2, 0.25) is 0 Å². The molecule has 0 aliphatic carbocycles. The van der Waals surface area contributed by atoms with E-state index in [9.17, 15) is 0 Å². The molecule has 0 unspecified atom stereocenters. The highest BCUT2D eigenvalue weighted by Gasteiger charge is 2.23. The highest BCUT2D eigenvalue weighted by Crippen LogP contribution is 2.36. The van der Waals surface area contributed by atoms with Gasteiger partial charge in [-0.2, -0.15) is 0 Å². The molecule has 3 heterocycles. The molecule has 2 heteroatoms. The van der Waals surface area contributed by atoms with Crippen molar-refractivity contribution in [1.82, 2.24) is 0 Å². The Balaban J connectivity index is 1.03. The Kier molecular flexibility index (Phi) is 13.5. The zero-order chi connectivity index (χ0) is 27.0. The number of benzene rings is 1. The molecule has 0 radical (unpaired) electrons. The second-order valence-corrected chi connectivity index (χ2v) is 12.4. The summed E-state index contributed by atoms with van der Waals surface area (Å²) in [6, 6.07) is 9.42. The molecule has 2 nitrogen and oxygen atoms in total. The third-order valence-corrected chi connectivity index (χ3v) is 9.01. The first-order valence-corrected chi connectivity index (χ1v) is 16.9. The molecule has 0 spiro atoms. The fourth-order valence-electron chi connectivity index (χ4n) is 6.69. The van der Waals surface area contributed by atoms with E-state index in [0.29, 0.717) is 0 Å². The van der Waals surface area contributed by atoms with Crippen LogP contribution in [-0.2, 0) is 19.4 Å². The molecular weight excluding hydrogens is 472 g/mol. The van der Waals surface area contributed by atoms with E-state index >= 15 is 0 Å². The summed E-state index contributed by atoms with van der Waals surface area (Å²) in [4.78, 5) is 2.63. The molecule has 0 N–H and O–H groups in total. The number of hydrogen-bond donors (Lipinski definition) is 0. The van der Waals surface area contributed by atoms with Gasteiger partial charge in [0.05, 0.1) is 0 Å². The lowest BCUT2D eigenvalue weighted by atomic mass is 9.90. The van der Waals surface area contributed by atoms with Crippen molar-refractivity contribution >= 4 is 17.8 Å².